The van der Waals surface area contributed by atoms with Crippen LogP contribution in [0.15, 0.2) is 23.2 Å². The lowest BCUT2D eigenvalue weighted by molar-refractivity contribution is -0.0201. The number of nitrogens with zero attached hydrogens (tertiary/aromatic N) is 2. The molecule has 0 aromatic heterocycles. The second-order valence-electron chi connectivity index (χ2n) is 7.09. The van der Waals surface area contributed by atoms with E-state index in [1.807, 2.05) is 32.0 Å². The molecule has 8 heteroatoms. The van der Waals surface area contributed by atoms with E-state index in [9.17, 15) is 5.11 Å². The summed E-state index contributed by atoms with van der Waals surface area (Å²) in [4.78, 5) is 6.85. The smallest absolute Gasteiger partial charge is 0.191 e. The Kier molecular flexibility index (Phi) is 8.82. The Bertz CT molecular complexity index is 631. The van der Waals surface area contributed by atoms with Gasteiger partial charge in [-0.05, 0) is 19.9 Å². The zero-order chi connectivity index (χ0) is 20.4. The molecule has 0 aliphatic carbocycles. The highest BCUT2D eigenvalue weighted by molar-refractivity contribution is 5.79. The number of aliphatic imine (C=N–C) groups is 1. The van der Waals surface area contributed by atoms with Gasteiger partial charge in [-0.15, -0.1) is 0 Å². The summed E-state index contributed by atoms with van der Waals surface area (Å²) in [6.07, 6.45) is 0. The van der Waals surface area contributed by atoms with Gasteiger partial charge in [0, 0.05) is 38.3 Å². The first kappa shape index (κ1) is 22.3. The highest BCUT2D eigenvalue weighted by Crippen LogP contribution is 2.31. The summed E-state index contributed by atoms with van der Waals surface area (Å²) in [6.45, 7) is 9.12. The maximum absolute atomic E-state index is 10.8. The molecular formula is C20H34N4O4. The van der Waals surface area contributed by atoms with E-state index in [2.05, 4.69) is 20.5 Å². The van der Waals surface area contributed by atoms with Crippen molar-refractivity contribution in [3.63, 3.8) is 0 Å². The van der Waals surface area contributed by atoms with Gasteiger partial charge in [0.05, 0.1) is 39.6 Å². The van der Waals surface area contributed by atoms with E-state index in [0.29, 0.717) is 37.1 Å². The Morgan fingerprint density at radius 2 is 2.00 bits per heavy atom. The maximum atomic E-state index is 10.8. The summed E-state index contributed by atoms with van der Waals surface area (Å²) in [5.41, 5.74) is 0.0559. The molecule has 1 saturated heterocycles. The van der Waals surface area contributed by atoms with Crippen LogP contribution in [0.3, 0.4) is 0 Å². The van der Waals surface area contributed by atoms with Gasteiger partial charge in [0.1, 0.15) is 0 Å². The van der Waals surface area contributed by atoms with E-state index in [-0.39, 0.29) is 0 Å². The molecule has 1 heterocycles. The number of guanidine groups is 1. The van der Waals surface area contributed by atoms with E-state index in [4.69, 9.17) is 14.2 Å². The molecule has 0 saturated carbocycles. The van der Waals surface area contributed by atoms with E-state index in [0.717, 1.165) is 38.4 Å². The van der Waals surface area contributed by atoms with Gasteiger partial charge in [-0.2, -0.15) is 0 Å². The molecule has 0 radical (unpaired) electrons. The SMILES string of the molecule is CCNC(=NCc1cccc(OC)c1OC)NCC(C)(O)CN1CCOCC1. The van der Waals surface area contributed by atoms with Crippen LogP contribution in [0.5, 0.6) is 11.5 Å². The average molecular weight is 395 g/mol. The van der Waals surface area contributed by atoms with Gasteiger partial charge in [0.25, 0.3) is 0 Å². The van der Waals surface area contributed by atoms with Crippen LogP contribution >= 0.6 is 0 Å². The average Bonchev–Trinajstić information content (AvgIpc) is 2.70. The summed E-state index contributed by atoms with van der Waals surface area (Å²) in [5, 5.41) is 17.2. The normalized spacial score (nSPS) is 17.7. The van der Waals surface area contributed by atoms with E-state index in [1.54, 1.807) is 14.2 Å². The van der Waals surface area contributed by atoms with Crippen LogP contribution in [0.1, 0.15) is 19.4 Å². The molecule has 1 aromatic rings. The predicted octanol–water partition coefficient (Wildman–Crippen LogP) is 0.842. The second-order valence-corrected chi connectivity index (χ2v) is 7.09. The van der Waals surface area contributed by atoms with Crippen LogP contribution in [0.2, 0.25) is 0 Å². The lowest BCUT2D eigenvalue weighted by Crippen LogP contribution is -2.52. The zero-order valence-corrected chi connectivity index (χ0v) is 17.5. The van der Waals surface area contributed by atoms with Crippen LogP contribution in [-0.4, -0.2) is 81.7 Å². The van der Waals surface area contributed by atoms with Crippen LogP contribution in [-0.2, 0) is 11.3 Å². The first-order valence-electron chi connectivity index (χ1n) is 9.73. The van der Waals surface area contributed by atoms with Crippen molar-refractivity contribution >= 4 is 5.96 Å². The number of ether oxygens (including phenoxy) is 3. The predicted molar refractivity (Wildman–Crippen MR) is 110 cm³/mol. The van der Waals surface area contributed by atoms with Gasteiger partial charge in [0.2, 0.25) is 0 Å². The number of nitrogens with one attached hydrogen (secondary N) is 2. The quantitative estimate of drug-likeness (QED) is 0.423. The number of rotatable bonds is 9. The number of hydrogen-bond donors (Lipinski definition) is 3. The number of aliphatic hydroxyl groups is 1. The summed E-state index contributed by atoms with van der Waals surface area (Å²) in [7, 11) is 3.24. The number of β-amino-alcohol motifs (C(OH)–C–C–N with tert-alkyl or cyclic N) is 1. The van der Waals surface area contributed by atoms with Crippen LogP contribution in [0.4, 0.5) is 0 Å². The monoisotopic (exact) mass is 394 g/mol. The number of hydrogen-bond acceptors (Lipinski definition) is 6. The molecule has 158 valence electrons. The fraction of sp³-hybridized carbons (Fsp3) is 0.650. The third-order valence-corrected chi connectivity index (χ3v) is 4.54. The lowest BCUT2D eigenvalue weighted by Gasteiger charge is -2.34. The minimum atomic E-state index is -0.874. The summed E-state index contributed by atoms with van der Waals surface area (Å²) in [6, 6.07) is 5.74. The molecule has 8 nitrogen and oxygen atoms in total. The molecule has 1 atom stereocenters. The number of benzene rings is 1. The Morgan fingerprint density at radius 1 is 1.25 bits per heavy atom. The molecule has 28 heavy (non-hydrogen) atoms. The fourth-order valence-corrected chi connectivity index (χ4v) is 3.16. The van der Waals surface area contributed by atoms with Crippen molar-refractivity contribution in [1.29, 1.82) is 0 Å². The number of morpholine rings is 1. The molecule has 0 bridgehead atoms. The van der Waals surface area contributed by atoms with Crippen molar-refractivity contribution in [2.75, 3.05) is 60.2 Å². The van der Waals surface area contributed by atoms with Gasteiger partial charge in [-0.1, -0.05) is 12.1 Å². The Morgan fingerprint density at radius 3 is 2.64 bits per heavy atom. The van der Waals surface area contributed by atoms with Gasteiger partial charge in [-0.3, -0.25) is 4.90 Å². The molecule has 1 aliphatic rings. The standard InChI is InChI=1S/C20H34N4O4/c1-5-21-19(22-13-16-7-6-8-17(26-3)18(16)27-4)23-14-20(2,25)15-24-9-11-28-12-10-24/h6-8,25H,5,9-15H2,1-4H3,(H2,21,22,23). The molecule has 0 amide bonds. The van der Waals surface area contributed by atoms with Gasteiger partial charge < -0.3 is 30.0 Å². The molecular weight excluding hydrogens is 360 g/mol. The first-order chi connectivity index (χ1) is 13.5. The van der Waals surface area contributed by atoms with Gasteiger partial charge in [0.15, 0.2) is 17.5 Å². The van der Waals surface area contributed by atoms with Crippen molar-refractivity contribution in [2.45, 2.75) is 26.0 Å². The maximum Gasteiger partial charge on any atom is 0.191 e. The summed E-state index contributed by atoms with van der Waals surface area (Å²) >= 11 is 0. The molecule has 1 unspecified atom stereocenters. The molecule has 3 N–H and O–H groups in total. The van der Waals surface area contributed by atoms with Crippen LogP contribution in [0, 0.1) is 0 Å². The van der Waals surface area contributed by atoms with Gasteiger partial charge >= 0.3 is 0 Å². The largest absolute Gasteiger partial charge is 0.493 e. The molecule has 1 aliphatic heterocycles. The van der Waals surface area contributed by atoms with Crippen molar-refractivity contribution in [3.05, 3.63) is 23.8 Å². The minimum Gasteiger partial charge on any atom is -0.493 e. The Labute approximate surface area is 167 Å². The molecule has 0 spiro atoms. The molecule has 2 rings (SSSR count). The van der Waals surface area contributed by atoms with Crippen LogP contribution < -0.4 is 20.1 Å². The third kappa shape index (κ3) is 6.85. The Balaban J connectivity index is 1.98. The molecule has 1 aromatic carbocycles. The van der Waals surface area contributed by atoms with E-state index >= 15 is 0 Å². The Hall–Kier alpha value is -2.03. The second kappa shape index (κ2) is 11.1. The molecule has 1 fully saturated rings. The van der Waals surface area contributed by atoms with Crippen molar-refractivity contribution in [2.24, 2.45) is 4.99 Å². The van der Waals surface area contributed by atoms with Crippen molar-refractivity contribution in [3.8, 4) is 11.5 Å². The van der Waals surface area contributed by atoms with Crippen LogP contribution in [0.25, 0.3) is 0 Å². The topological polar surface area (TPSA) is 87.6 Å². The third-order valence-electron chi connectivity index (χ3n) is 4.54. The first-order valence-corrected chi connectivity index (χ1v) is 9.73. The highest BCUT2D eigenvalue weighted by atomic mass is 16.5. The van der Waals surface area contributed by atoms with Crippen molar-refractivity contribution < 1.29 is 19.3 Å². The fourth-order valence-electron chi connectivity index (χ4n) is 3.16. The summed E-state index contributed by atoms with van der Waals surface area (Å²) in [5.74, 6) is 2.01. The van der Waals surface area contributed by atoms with E-state index < -0.39 is 5.60 Å². The minimum absolute atomic E-state index is 0.394. The van der Waals surface area contributed by atoms with Crippen molar-refractivity contribution in [1.82, 2.24) is 15.5 Å². The van der Waals surface area contributed by atoms with E-state index in [1.165, 1.54) is 0 Å². The number of methoxy groups -OCH3 is 2. The number of para-hydroxylation sites is 1. The lowest BCUT2D eigenvalue weighted by atomic mass is 10.1. The summed E-state index contributed by atoms with van der Waals surface area (Å²) < 4.78 is 16.2. The highest BCUT2D eigenvalue weighted by Gasteiger charge is 2.25. The zero-order valence-electron chi connectivity index (χ0n) is 17.5. The van der Waals surface area contributed by atoms with Gasteiger partial charge in [-0.25, -0.2) is 4.99 Å².